The molecule has 20 heavy (non-hydrogen) atoms. The van der Waals surface area contributed by atoms with Crippen LogP contribution in [0.5, 0.6) is 0 Å². The van der Waals surface area contributed by atoms with Crippen LogP contribution in [0, 0.1) is 13.8 Å². The fourth-order valence-electron chi connectivity index (χ4n) is 1.94. The summed E-state index contributed by atoms with van der Waals surface area (Å²) in [6.07, 6.45) is -0.183. The molecule has 0 atom stereocenters. The minimum Gasteiger partial charge on any atom is -0.481 e. The van der Waals surface area contributed by atoms with Gasteiger partial charge in [-0.05, 0) is 31.0 Å². The summed E-state index contributed by atoms with van der Waals surface area (Å²) in [5, 5.41) is 11.2. The van der Waals surface area contributed by atoms with Crippen molar-refractivity contribution in [3.8, 4) is 0 Å². The van der Waals surface area contributed by atoms with E-state index in [0.717, 1.165) is 16.6 Å². The van der Waals surface area contributed by atoms with E-state index in [9.17, 15) is 9.59 Å². The molecular formula is C14H17N3O3. The number of aliphatic carboxylic acids is 1. The average molecular weight is 275 g/mol. The highest BCUT2D eigenvalue weighted by molar-refractivity contribution is 5.81. The first-order valence-electron chi connectivity index (χ1n) is 6.40. The number of aryl methyl sites for hydroxylation is 2. The van der Waals surface area contributed by atoms with Crippen LogP contribution in [0.25, 0.3) is 11.0 Å². The van der Waals surface area contributed by atoms with Crippen LogP contribution in [-0.4, -0.2) is 27.0 Å². The summed E-state index contributed by atoms with van der Waals surface area (Å²) in [6, 6.07) is 3.98. The van der Waals surface area contributed by atoms with Gasteiger partial charge in [-0.2, -0.15) is 0 Å². The van der Waals surface area contributed by atoms with Crippen LogP contribution in [0.15, 0.2) is 12.1 Å². The molecule has 6 nitrogen and oxygen atoms in total. The molecule has 0 unspecified atom stereocenters. The van der Waals surface area contributed by atoms with Crippen molar-refractivity contribution in [1.82, 2.24) is 15.3 Å². The molecular weight excluding hydrogens is 258 g/mol. The highest BCUT2D eigenvalue weighted by Gasteiger charge is 2.09. The Hall–Kier alpha value is -2.37. The molecule has 0 bridgehead atoms. The molecule has 0 radical (unpaired) electrons. The summed E-state index contributed by atoms with van der Waals surface area (Å²) in [6.45, 7) is 4.30. The van der Waals surface area contributed by atoms with Crippen molar-refractivity contribution in [2.24, 2.45) is 0 Å². The van der Waals surface area contributed by atoms with Crippen LogP contribution >= 0.6 is 0 Å². The number of benzene rings is 1. The summed E-state index contributed by atoms with van der Waals surface area (Å²) in [7, 11) is 0. The lowest BCUT2D eigenvalue weighted by atomic mass is 10.1. The van der Waals surface area contributed by atoms with Crippen LogP contribution in [0.1, 0.15) is 29.8 Å². The molecule has 1 aromatic heterocycles. The summed E-state index contributed by atoms with van der Waals surface area (Å²) >= 11 is 0. The molecule has 0 saturated heterocycles. The average Bonchev–Trinajstić information content (AvgIpc) is 2.82. The van der Waals surface area contributed by atoms with Gasteiger partial charge in [-0.3, -0.25) is 9.59 Å². The number of nitrogens with zero attached hydrogens (tertiary/aromatic N) is 1. The van der Waals surface area contributed by atoms with Crippen LogP contribution in [-0.2, 0) is 16.1 Å². The van der Waals surface area contributed by atoms with Gasteiger partial charge in [0.2, 0.25) is 5.91 Å². The van der Waals surface area contributed by atoms with Crippen molar-refractivity contribution >= 4 is 22.9 Å². The van der Waals surface area contributed by atoms with E-state index in [-0.39, 0.29) is 25.3 Å². The number of amides is 1. The predicted molar refractivity (Wildman–Crippen MR) is 74.3 cm³/mol. The Morgan fingerprint density at radius 3 is 2.75 bits per heavy atom. The molecule has 1 aromatic carbocycles. The van der Waals surface area contributed by atoms with E-state index >= 15 is 0 Å². The number of imidazole rings is 1. The molecule has 1 amide bonds. The van der Waals surface area contributed by atoms with Gasteiger partial charge in [0, 0.05) is 6.42 Å². The zero-order chi connectivity index (χ0) is 14.7. The second-order valence-corrected chi connectivity index (χ2v) is 4.76. The number of carboxylic acid groups (broad SMARTS) is 1. The number of hydrogen-bond donors (Lipinski definition) is 3. The number of carbonyl (C=O) groups is 2. The SMILES string of the molecule is Cc1ccc2[nH]c(CNC(=O)CCC(=O)O)nc2c1C. The van der Waals surface area contributed by atoms with E-state index in [2.05, 4.69) is 15.3 Å². The maximum Gasteiger partial charge on any atom is 0.303 e. The van der Waals surface area contributed by atoms with Crippen molar-refractivity contribution in [3.05, 3.63) is 29.1 Å². The molecule has 0 aliphatic heterocycles. The lowest BCUT2D eigenvalue weighted by Crippen LogP contribution is -2.23. The third-order valence-electron chi connectivity index (χ3n) is 3.25. The van der Waals surface area contributed by atoms with Gasteiger partial charge in [-0.15, -0.1) is 0 Å². The third-order valence-corrected chi connectivity index (χ3v) is 3.25. The number of fused-ring (bicyclic) bond motifs is 1. The first kappa shape index (κ1) is 14.0. The molecule has 0 spiro atoms. The number of nitrogens with one attached hydrogen (secondary N) is 2. The maximum absolute atomic E-state index is 11.4. The van der Waals surface area contributed by atoms with Crippen molar-refractivity contribution in [2.75, 3.05) is 0 Å². The van der Waals surface area contributed by atoms with Crippen LogP contribution < -0.4 is 5.32 Å². The first-order valence-corrected chi connectivity index (χ1v) is 6.40. The van der Waals surface area contributed by atoms with Crippen molar-refractivity contribution < 1.29 is 14.7 Å². The smallest absolute Gasteiger partial charge is 0.303 e. The fourth-order valence-corrected chi connectivity index (χ4v) is 1.94. The van der Waals surface area contributed by atoms with Gasteiger partial charge in [0.05, 0.1) is 24.0 Å². The van der Waals surface area contributed by atoms with E-state index in [1.807, 2.05) is 26.0 Å². The molecule has 0 saturated carbocycles. The molecule has 0 aliphatic carbocycles. The normalized spacial score (nSPS) is 10.7. The number of H-pyrrole nitrogens is 1. The quantitative estimate of drug-likeness (QED) is 0.773. The van der Waals surface area contributed by atoms with Crippen molar-refractivity contribution in [3.63, 3.8) is 0 Å². The Balaban J connectivity index is 2.02. The van der Waals surface area contributed by atoms with Gasteiger partial charge in [-0.25, -0.2) is 4.98 Å². The lowest BCUT2D eigenvalue weighted by molar-refractivity contribution is -0.138. The Labute approximate surface area is 116 Å². The number of aromatic nitrogens is 2. The predicted octanol–water partition coefficient (Wildman–Crippen LogP) is 1.66. The lowest BCUT2D eigenvalue weighted by Gasteiger charge is -2.01. The van der Waals surface area contributed by atoms with Gasteiger partial charge in [0.25, 0.3) is 0 Å². The summed E-state index contributed by atoms with van der Waals surface area (Å²) in [5.74, 6) is -0.604. The third kappa shape index (κ3) is 3.14. The Morgan fingerprint density at radius 1 is 1.30 bits per heavy atom. The first-order chi connectivity index (χ1) is 9.47. The van der Waals surface area contributed by atoms with Crippen molar-refractivity contribution in [1.29, 1.82) is 0 Å². The molecule has 2 rings (SSSR count). The molecule has 0 aliphatic rings. The molecule has 2 aromatic rings. The fraction of sp³-hybridized carbons (Fsp3) is 0.357. The molecule has 3 N–H and O–H groups in total. The zero-order valence-corrected chi connectivity index (χ0v) is 11.5. The highest BCUT2D eigenvalue weighted by Crippen LogP contribution is 2.19. The van der Waals surface area contributed by atoms with Crippen LogP contribution in [0.4, 0.5) is 0 Å². The molecule has 6 heteroatoms. The monoisotopic (exact) mass is 275 g/mol. The number of aromatic amines is 1. The molecule has 1 heterocycles. The number of rotatable bonds is 5. The van der Waals surface area contributed by atoms with E-state index in [4.69, 9.17) is 5.11 Å². The summed E-state index contributed by atoms with van der Waals surface area (Å²) in [4.78, 5) is 29.4. The van der Waals surface area contributed by atoms with Crippen LogP contribution in [0.3, 0.4) is 0 Å². The highest BCUT2D eigenvalue weighted by atomic mass is 16.4. The largest absolute Gasteiger partial charge is 0.481 e. The minimum absolute atomic E-state index is 0.0201. The Morgan fingerprint density at radius 2 is 2.05 bits per heavy atom. The van der Waals surface area contributed by atoms with Crippen molar-refractivity contribution in [2.45, 2.75) is 33.2 Å². The Bertz CT molecular complexity index is 661. The maximum atomic E-state index is 11.4. The standard InChI is InChI=1S/C14H17N3O3/c1-8-3-4-10-14(9(8)2)17-11(16-10)7-15-12(18)5-6-13(19)20/h3-4H,5-7H2,1-2H3,(H,15,18)(H,16,17)(H,19,20). The van der Waals surface area contributed by atoms with E-state index in [1.54, 1.807) is 0 Å². The number of carboxylic acids is 1. The van der Waals surface area contributed by atoms with Crippen LogP contribution in [0.2, 0.25) is 0 Å². The summed E-state index contributed by atoms with van der Waals surface area (Å²) in [5.41, 5.74) is 4.12. The Kier molecular flexibility index (Phi) is 4.02. The zero-order valence-electron chi connectivity index (χ0n) is 11.5. The van der Waals surface area contributed by atoms with Gasteiger partial charge < -0.3 is 15.4 Å². The topological polar surface area (TPSA) is 95.1 Å². The van der Waals surface area contributed by atoms with E-state index < -0.39 is 5.97 Å². The molecule has 0 fully saturated rings. The van der Waals surface area contributed by atoms with E-state index in [1.165, 1.54) is 5.56 Å². The second kappa shape index (κ2) is 5.73. The second-order valence-electron chi connectivity index (χ2n) is 4.76. The van der Waals surface area contributed by atoms with Gasteiger partial charge in [0.1, 0.15) is 5.82 Å². The van der Waals surface area contributed by atoms with E-state index in [0.29, 0.717) is 5.82 Å². The number of hydrogen-bond acceptors (Lipinski definition) is 3. The van der Waals surface area contributed by atoms with Gasteiger partial charge in [-0.1, -0.05) is 6.07 Å². The summed E-state index contributed by atoms with van der Waals surface area (Å²) < 4.78 is 0. The van der Waals surface area contributed by atoms with Gasteiger partial charge in [0.15, 0.2) is 0 Å². The minimum atomic E-state index is -0.977. The van der Waals surface area contributed by atoms with Gasteiger partial charge >= 0.3 is 5.97 Å². The molecule has 106 valence electrons. The number of carbonyl (C=O) groups excluding carboxylic acids is 1.